The first kappa shape index (κ1) is 30.1. The standard InChI is InChI=1S/C32H43ClN2O5S/c1-21-7-8-22(2)41(38,39)34-31(37)23-10-12-30-28(17-23)35(19-24-9-11-27(24)29(36)16-21)15-5-4-6-25-18-26(33)13-14-32(25,3)20-40-30/h10,12-14,17-18,21-22,24-25,27H,4-9,11,15-16,19-20H2,1-3H3,(H,34,37)/t21-,22+,24+,25?,27-,32?/m1/s1. The number of allylic oxidation sites excluding steroid dienone is 3. The first-order valence-corrected chi connectivity index (χ1v) is 17.0. The Labute approximate surface area is 249 Å². The van der Waals surface area contributed by atoms with Gasteiger partial charge in [-0.3, -0.25) is 9.59 Å². The molecule has 2 bridgehead atoms. The number of hydrogen-bond acceptors (Lipinski definition) is 6. The number of nitrogens with zero attached hydrogens (tertiary/aromatic N) is 1. The van der Waals surface area contributed by atoms with Crippen LogP contribution in [0.3, 0.4) is 0 Å². The lowest BCUT2D eigenvalue weighted by atomic mass is 9.69. The Morgan fingerprint density at radius 2 is 1.88 bits per heavy atom. The van der Waals surface area contributed by atoms with Crippen molar-refractivity contribution in [3.8, 4) is 5.75 Å². The topological polar surface area (TPSA) is 92.8 Å². The summed E-state index contributed by atoms with van der Waals surface area (Å²) in [6.07, 6.45) is 12.5. The number of hydrogen-bond donors (Lipinski definition) is 1. The van der Waals surface area contributed by atoms with E-state index >= 15 is 0 Å². The van der Waals surface area contributed by atoms with Crippen molar-refractivity contribution in [1.82, 2.24) is 4.72 Å². The van der Waals surface area contributed by atoms with Crippen LogP contribution >= 0.6 is 11.6 Å². The van der Waals surface area contributed by atoms with Gasteiger partial charge >= 0.3 is 0 Å². The number of ketones is 1. The van der Waals surface area contributed by atoms with E-state index in [1.807, 2.05) is 13.0 Å². The lowest BCUT2D eigenvalue weighted by molar-refractivity contribution is -0.128. The molecule has 1 aromatic carbocycles. The monoisotopic (exact) mass is 602 g/mol. The van der Waals surface area contributed by atoms with E-state index in [9.17, 15) is 18.0 Å². The van der Waals surface area contributed by atoms with Gasteiger partial charge in [0.15, 0.2) is 0 Å². The highest BCUT2D eigenvalue weighted by atomic mass is 35.5. The molecule has 2 aliphatic heterocycles. The summed E-state index contributed by atoms with van der Waals surface area (Å²) >= 11 is 6.39. The summed E-state index contributed by atoms with van der Waals surface area (Å²) in [4.78, 5) is 28.8. The number of fused-ring (bicyclic) bond motifs is 3. The Hall–Kier alpha value is -2.32. The van der Waals surface area contributed by atoms with Crippen molar-refractivity contribution in [2.45, 2.75) is 77.4 Å². The van der Waals surface area contributed by atoms with Crippen molar-refractivity contribution in [2.24, 2.45) is 29.1 Å². The van der Waals surface area contributed by atoms with Crippen molar-refractivity contribution >= 4 is 39.0 Å². The third kappa shape index (κ3) is 6.69. The van der Waals surface area contributed by atoms with E-state index in [0.29, 0.717) is 43.9 Å². The van der Waals surface area contributed by atoms with Gasteiger partial charge < -0.3 is 9.64 Å². The molecule has 224 valence electrons. The summed E-state index contributed by atoms with van der Waals surface area (Å²) in [7, 11) is -3.87. The van der Waals surface area contributed by atoms with Gasteiger partial charge in [-0.15, -0.1) is 0 Å². The molecule has 7 nitrogen and oxygen atoms in total. The minimum Gasteiger partial charge on any atom is -0.490 e. The molecule has 2 aliphatic carbocycles. The van der Waals surface area contributed by atoms with Crippen molar-refractivity contribution in [1.29, 1.82) is 0 Å². The molecule has 1 amide bonds. The fraction of sp³-hybridized carbons (Fsp3) is 0.625. The summed E-state index contributed by atoms with van der Waals surface area (Å²) in [5, 5.41) is 0.0107. The third-order valence-electron chi connectivity index (χ3n) is 9.79. The molecule has 41 heavy (non-hydrogen) atoms. The SMILES string of the molecule is C[C@@H]1CC[C@H](C)S(=O)(=O)NC(=O)c2ccc3c(c2)N(CCCCC2C=C(Cl)C=CC2(C)CO3)C[C@@H]2CC[C@H]2C(=O)C1. The van der Waals surface area contributed by atoms with Gasteiger partial charge in [-0.1, -0.05) is 44.0 Å². The van der Waals surface area contributed by atoms with E-state index < -0.39 is 21.2 Å². The van der Waals surface area contributed by atoms with Gasteiger partial charge in [0.25, 0.3) is 5.91 Å². The molecule has 0 spiro atoms. The fourth-order valence-electron chi connectivity index (χ4n) is 6.69. The Kier molecular flexibility index (Phi) is 8.91. The number of sulfonamides is 1. The van der Waals surface area contributed by atoms with E-state index in [0.717, 1.165) is 49.4 Å². The second kappa shape index (κ2) is 12.1. The molecule has 2 unspecified atom stereocenters. The van der Waals surface area contributed by atoms with E-state index in [4.69, 9.17) is 16.3 Å². The molecule has 1 fully saturated rings. The van der Waals surface area contributed by atoms with Crippen molar-refractivity contribution < 1.29 is 22.7 Å². The summed E-state index contributed by atoms with van der Waals surface area (Å²) < 4.78 is 34.9. The maximum atomic E-state index is 13.3. The minimum absolute atomic E-state index is 0.0275. The van der Waals surface area contributed by atoms with Crippen LogP contribution < -0.4 is 14.4 Å². The molecule has 9 heteroatoms. The highest BCUT2D eigenvalue weighted by molar-refractivity contribution is 7.90. The molecular weight excluding hydrogens is 560 g/mol. The largest absolute Gasteiger partial charge is 0.490 e. The van der Waals surface area contributed by atoms with Crippen molar-refractivity contribution in [3.63, 3.8) is 0 Å². The highest BCUT2D eigenvalue weighted by Crippen LogP contribution is 2.43. The smallest absolute Gasteiger partial charge is 0.264 e. The number of rotatable bonds is 0. The van der Waals surface area contributed by atoms with Crippen molar-refractivity contribution in [3.05, 3.63) is 47.0 Å². The quantitative estimate of drug-likeness (QED) is 0.378. The number of Topliss-reactive ketones (excluding diaryl/α,β-unsaturated/α-hetero) is 1. The average Bonchev–Trinajstić information content (AvgIpc) is 2.92. The maximum absolute atomic E-state index is 13.3. The van der Waals surface area contributed by atoms with Crippen LogP contribution in [0.2, 0.25) is 0 Å². The van der Waals surface area contributed by atoms with Crippen LogP contribution in [0.15, 0.2) is 41.5 Å². The number of nitrogens with one attached hydrogen (secondary N) is 1. The van der Waals surface area contributed by atoms with Gasteiger partial charge in [0.1, 0.15) is 11.5 Å². The molecule has 0 radical (unpaired) electrons. The second-order valence-electron chi connectivity index (χ2n) is 13.0. The first-order chi connectivity index (χ1) is 19.4. The van der Waals surface area contributed by atoms with Gasteiger partial charge in [-0.25, -0.2) is 13.1 Å². The molecule has 1 saturated carbocycles. The van der Waals surface area contributed by atoms with Gasteiger partial charge in [0.2, 0.25) is 10.0 Å². The number of carbonyl (C=O) groups is 2. The number of anilines is 1. The lowest BCUT2D eigenvalue weighted by Gasteiger charge is -2.40. The number of benzene rings is 1. The van der Waals surface area contributed by atoms with Crippen LogP contribution in [0, 0.1) is 29.1 Å². The van der Waals surface area contributed by atoms with Crippen LogP contribution in [0.25, 0.3) is 0 Å². The third-order valence-corrected chi connectivity index (χ3v) is 11.8. The van der Waals surface area contributed by atoms with E-state index in [2.05, 4.69) is 28.7 Å². The summed E-state index contributed by atoms with van der Waals surface area (Å²) in [6, 6.07) is 5.19. The van der Waals surface area contributed by atoms with Crippen LogP contribution in [0.4, 0.5) is 5.69 Å². The van der Waals surface area contributed by atoms with E-state index in [1.54, 1.807) is 25.1 Å². The normalized spacial score (nSPS) is 34.5. The Balaban J connectivity index is 1.52. The molecule has 0 aromatic heterocycles. The molecule has 5 rings (SSSR count). The second-order valence-corrected chi connectivity index (χ2v) is 15.5. The summed E-state index contributed by atoms with van der Waals surface area (Å²) in [5.74, 6) is 0.940. The van der Waals surface area contributed by atoms with Crippen LogP contribution in [0.5, 0.6) is 5.75 Å². The van der Waals surface area contributed by atoms with Crippen LogP contribution in [0.1, 0.15) is 82.5 Å². The number of amides is 1. The average molecular weight is 603 g/mol. The predicted octanol–water partition coefficient (Wildman–Crippen LogP) is 6.23. The van der Waals surface area contributed by atoms with E-state index in [-0.39, 0.29) is 34.7 Å². The zero-order valence-electron chi connectivity index (χ0n) is 24.4. The fourth-order valence-corrected chi connectivity index (χ4v) is 7.93. The molecule has 0 saturated heterocycles. The number of carbonyl (C=O) groups excluding carboxylic acids is 2. The predicted molar refractivity (Wildman–Crippen MR) is 163 cm³/mol. The minimum atomic E-state index is -3.87. The van der Waals surface area contributed by atoms with Crippen molar-refractivity contribution in [2.75, 3.05) is 24.6 Å². The van der Waals surface area contributed by atoms with Crippen LogP contribution in [-0.2, 0) is 14.8 Å². The van der Waals surface area contributed by atoms with E-state index in [1.165, 1.54) is 0 Å². The van der Waals surface area contributed by atoms with Gasteiger partial charge in [0, 0.05) is 41.4 Å². The molecule has 1 N–H and O–H groups in total. The Morgan fingerprint density at radius 3 is 2.63 bits per heavy atom. The Bertz CT molecular complexity index is 1340. The highest BCUT2D eigenvalue weighted by Gasteiger charge is 2.39. The van der Waals surface area contributed by atoms with Crippen LogP contribution in [-0.4, -0.2) is 45.1 Å². The molecule has 4 aliphatic rings. The van der Waals surface area contributed by atoms with Gasteiger partial charge in [-0.2, -0.15) is 0 Å². The maximum Gasteiger partial charge on any atom is 0.264 e. The molecule has 1 aromatic rings. The number of ether oxygens (including phenoxy) is 1. The zero-order valence-corrected chi connectivity index (χ0v) is 26.0. The molecule has 2 heterocycles. The molecule has 6 atom stereocenters. The van der Waals surface area contributed by atoms with Gasteiger partial charge in [0.05, 0.1) is 17.5 Å². The Morgan fingerprint density at radius 1 is 1.07 bits per heavy atom. The summed E-state index contributed by atoms with van der Waals surface area (Å²) in [5.41, 5.74) is 0.819. The number of halogens is 1. The van der Waals surface area contributed by atoms with Gasteiger partial charge in [-0.05, 0) is 87.5 Å². The lowest BCUT2D eigenvalue weighted by Crippen LogP contribution is -2.43. The summed E-state index contributed by atoms with van der Waals surface area (Å²) in [6.45, 7) is 7.72. The zero-order chi connectivity index (χ0) is 29.4. The molecular formula is C32H43ClN2O5S. The first-order valence-electron chi connectivity index (χ1n) is 15.1.